The maximum atomic E-state index is 12.1. The second kappa shape index (κ2) is 8.54. The fourth-order valence-electron chi connectivity index (χ4n) is 2.77. The molecular formula is C18H23ClN2O3S. The summed E-state index contributed by atoms with van der Waals surface area (Å²) in [7, 11) is 0. The summed E-state index contributed by atoms with van der Waals surface area (Å²) in [5, 5.41) is 7.05. The van der Waals surface area contributed by atoms with E-state index in [1.165, 1.54) is 6.92 Å². The van der Waals surface area contributed by atoms with Crippen LogP contribution in [-0.4, -0.2) is 24.1 Å². The quantitative estimate of drug-likeness (QED) is 0.697. The van der Waals surface area contributed by atoms with Gasteiger partial charge in [0.05, 0.1) is 24.3 Å². The summed E-state index contributed by atoms with van der Waals surface area (Å²) >= 11 is 11.7. The predicted molar refractivity (Wildman–Crippen MR) is 103 cm³/mol. The number of rotatable bonds is 7. The zero-order chi connectivity index (χ0) is 18.6. The molecule has 0 amide bonds. The molecule has 0 aliphatic carbocycles. The van der Waals surface area contributed by atoms with Crippen molar-refractivity contribution in [3.05, 3.63) is 34.0 Å². The van der Waals surface area contributed by atoms with Crippen LogP contribution in [0.4, 0.5) is 0 Å². The molecule has 0 radical (unpaired) electrons. The van der Waals surface area contributed by atoms with Gasteiger partial charge in [0.25, 0.3) is 0 Å². The number of halogens is 1. The molecule has 136 valence electrons. The lowest BCUT2D eigenvalue weighted by molar-refractivity contribution is -0.114. The van der Waals surface area contributed by atoms with E-state index in [-0.39, 0.29) is 11.8 Å². The summed E-state index contributed by atoms with van der Waals surface area (Å²) in [6.07, 6.45) is 0.865. The normalized spacial score (nSPS) is 17.0. The molecule has 2 rings (SSSR count). The molecular weight excluding hydrogens is 360 g/mol. The maximum absolute atomic E-state index is 12.1. The van der Waals surface area contributed by atoms with Gasteiger partial charge >= 0.3 is 0 Å². The zero-order valence-electron chi connectivity index (χ0n) is 14.9. The van der Waals surface area contributed by atoms with Crippen LogP contribution in [-0.2, 0) is 4.79 Å². The molecule has 1 aliphatic rings. The molecule has 1 aromatic rings. The van der Waals surface area contributed by atoms with Crippen molar-refractivity contribution in [2.75, 3.05) is 13.2 Å². The van der Waals surface area contributed by atoms with E-state index < -0.39 is 0 Å². The van der Waals surface area contributed by atoms with Crippen LogP contribution in [0.15, 0.2) is 23.4 Å². The first-order chi connectivity index (χ1) is 11.9. The van der Waals surface area contributed by atoms with Crippen molar-refractivity contribution in [1.29, 1.82) is 0 Å². The second-order valence-electron chi connectivity index (χ2n) is 5.74. The van der Waals surface area contributed by atoms with Gasteiger partial charge in [0.2, 0.25) is 0 Å². The molecule has 1 atom stereocenters. The van der Waals surface area contributed by atoms with Gasteiger partial charge in [-0.2, -0.15) is 0 Å². The van der Waals surface area contributed by atoms with Crippen molar-refractivity contribution in [3.63, 3.8) is 0 Å². The Labute approximate surface area is 158 Å². The number of nitrogens with one attached hydrogen (secondary N) is 2. The van der Waals surface area contributed by atoms with Crippen LogP contribution in [0.1, 0.15) is 45.7 Å². The van der Waals surface area contributed by atoms with E-state index in [2.05, 4.69) is 10.6 Å². The smallest absolute Gasteiger partial charge is 0.179 e. The Morgan fingerprint density at radius 1 is 1.32 bits per heavy atom. The Morgan fingerprint density at radius 3 is 2.64 bits per heavy atom. The first-order valence-electron chi connectivity index (χ1n) is 8.27. The summed E-state index contributed by atoms with van der Waals surface area (Å²) < 4.78 is 11.4. The lowest BCUT2D eigenvalue weighted by atomic mass is 9.93. The molecule has 0 spiro atoms. The van der Waals surface area contributed by atoms with E-state index in [4.69, 9.17) is 33.3 Å². The molecule has 7 heteroatoms. The van der Waals surface area contributed by atoms with E-state index in [1.807, 2.05) is 26.8 Å². The summed E-state index contributed by atoms with van der Waals surface area (Å²) in [6, 6.07) is 3.25. The van der Waals surface area contributed by atoms with Crippen LogP contribution in [0, 0.1) is 0 Å². The molecule has 0 saturated carbocycles. The standard InChI is InChI=1S/C18H23ClN2O3S/c1-5-7-24-17-13(19)8-12(9-14(17)23-6-2)16-15(11(4)22)10(3)20-18(25)21-16/h8-9,16H,5-7H2,1-4H3,(H2,20,21,25). The third-order valence-electron chi connectivity index (χ3n) is 3.76. The Morgan fingerprint density at radius 2 is 2.04 bits per heavy atom. The highest BCUT2D eigenvalue weighted by molar-refractivity contribution is 7.80. The van der Waals surface area contributed by atoms with Gasteiger partial charge in [0.1, 0.15) is 0 Å². The lowest BCUT2D eigenvalue weighted by Crippen LogP contribution is -2.44. The van der Waals surface area contributed by atoms with Crippen LogP contribution in [0.25, 0.3) is 0 Å². The van der Waals surface area contributed by atoms with Crippen LogP contribution in [0.2, 0.25) is 5.02 Å². The average Bonchev–Trinajstić information content (AvgIpc) is 2.53. The molecule has 0 bridgehead atoms. The third kappa shape index (κ3) is 4.44. The SMILES string of the molecule is CCCOc1c(Cl)cc(C2NC(=S)NC(C)=C2C(C)=O)cc1OCC. The van der Waals surface area contributed by atoms with Gasteiger partial charge in [-0.3, -0.25) is 4.79 Å². The van der Waals surface area contributed by atoms with Crippen LogP contribution in [0.3, 0.4) is 0 Å². The Kier molecular flexibility index (Phi) is 6.67. The number of ether oxygens (including phenoxy) is 2. The molecule has 2 N–H and O–H groups in total. The van der Waals surface area contributed by atoms with Crippen LogP contribution >= 0.6 is 23.8 Å². The monoisotopic (exact) mass is 382 g/mol. The number of carbonyl (C=O) groups is 1. The Balaban J connectivity index is 2.52. The molecule has 0 fully saturated rings. The van der Waals surface area contributed by atoms with Crippen LogP contribution < -0.4 is 20.1 Å². The van der Waals surface area contributed by atoms with Crippen molar-refractivity contribution in [2.24, 2.45) is 0 Å². The highest BCUT2D eigenvalue weighted by Gasteiger charge is 2.29. The van der Waals surface area contributed by atoms with Crippen molar-refractivity contribution in [3.8, 4) is 11.5 Å². The van der Waals surface area contributed by atoms with Crippen LogP contribution in [0.5, 0.6) is 11.5 Å². The number of thiocarbonyl (C=S) groups is 1. The number of hydrogen-bond donors (Lipinski definition) is 2. The average molecular weight is 383 g/mol. The minimum absolute atomic E-state index is 0.0367. The zero-order valence-corrected chi connectivity index (χ0v) is 16.4. The fourth-order valence-corrected chi connectivity index (χ4v) is 3.32. The molecule has 1 aromatic carbocycles. The molecule has 1 unspecified atom stereocenters. The molecule has 25 heavy (non-hydrogen) atoms. The van der Waals surface area contributed by atoms with E-state index in [1.54, 1.807) is 6.07 Å². The van der Waals surface area contributed by atoms with Gasteiger partial charge in [-0.1, -0.05) is 18.5 Å². The summed E-state index contributed by atoms with van der Waals surface area (Å²) in [5.74, 6) is 1.05. The summed E-state index contributed by atoms with van der Waals surface area (Å²) in [5.41, 5.74) is 2.15. The van der Waals surface area contributed by atoms with Gasteiger partial charge in [0, 0.05) is 11.3 Å². The minimum Gasteiger partial charge on any atom is -0.490 e. The second-order valence-corrected chi connectivity index (χ2v) is 6.55. The number of benzene rings is 1. The molecule has 1 aliphatic heterocycles. The lowest BCUT2D eigenvalue weighted by Gasteiger charge is -2.30. The van der Waals surface area contributed by atoms with E-state index in [9.17, 15) is 4.79 Å². The summed E-state index contributed by atoms with van der Waals surface area (Å²) in [6.45, 7) is 8.32. The number of ketones is 1. The Bertz CT molecular complexity index is 719. The number of allylic oxidation sites excluding steroid dienone is 1. The van der Waals surface area contributed by atoms with E-state index in [0.29, 0.717) is 40.4 Å². The molecule has 0 saturated heterocycles. The number of carbonyl (C=O) groups excluding carboxylic acids is 1. The van der Waals surface area contributed by atoms with Gasteiger partial charge in [-0.05, 0) is 57.1 Å². The predicted octanol–water partition coefficient (Wildman–Crippen LogP) is 3.91. The highest BCUT2D eigenvalue weighted by Crippen LogP contribution is 2.40. The van der Waals surface area contributed by atoms with E-state index in [0.717, 1.165) is 17.7 Å². The van der Waals surface area contributed by atoms with Crippen molar-refractivity contribution in [2.45, 2.75) is 40.2 Å². The highest BCUT2D eigenvalue weighted by atomic mass is 35.5. The first kappa shape index (κ1) is 19.5. The largest absolute Gasteiger partial charge is 0.490 e. The van der Waals surface area contributed by atoms with Crippen molar-refractivity contribution < 1.29 is 14.3 Å². The Hall–Kier alpha value is -1.79. The first-order valence-corrected chi connectivity index (χ1v) is 9.05. The summed E-state index contributed by atoms with van der Waals surface area (Å²) in [4.78, 5) is 12.1. The minimum atomic E-state index is -0.386. The fraction of sp³-hybridized carbons (Fsp3) is 0.444. The molecule has 0 aromatic heterocycles. The topological polar surface area (TPSA) is 59.6 Å². The molecule has 1 heterocycles. The maximum Gasteiger partial charge on any atom is 0.179 e. The van der Waals surface area contributed by atoms with Gasteiger partial charge in [-0.25, -0.2) is 0 Å². The van der Waals surface area contributed by atoms with Gasteiger partial charge in [-0.15, -0.1) is 0 Å². The van der Waals surface area contributed by atoms with E-state index >= 15 is 0 Å². The van der Waals surface area contributed by atoms with Crippen molar-refractivity contribution >= 4 is 34.7 Å². The van der Waals surface area contributed by atoms with Gasteiger partial charge in [0.15, 0.2) is 22.4 Å². The van der Waals surface area contributed by atoms with Crippen molar-refractivity contribution in [1.82, 2.24) is 10.6 Å². The number of hydrogen-bond acceptors (Lipinski definition) is 4. The van der Waals surface area contributed by atoms with Gasteiger partial charge < -0.3 is 20.1 Å². The molecule has 5 nitrogen and oxygen atoms in total. The number of Topliss-reactive ketones (excluding diaryl/α,β-unsaturated/α-hetero) is 1. The third-order valence-corrected chi connectivity index (χ3v) is 4.26.